The van der Waals surface area contributed by atoms with Gasteiger partial charge in [-0.1, -0.05) is 13.0 Å². The van der Waals surface area contributed by atoms with Crippen molar-refractivity contribution in [2.45, 2.75) is 45.1 Å². The minimum absolute atomic E-state index is 0.0906. The Labute approximate surface area is 109 Å². The van der Waals surface area contributed by atoms with Crippen LogP contribution in [0.2, 0.25) is 0 Å². The summed E-state index contributed by atoms with van der Waals surface area (Å²) in [7, 11) is 1.41. The summed E-state index contributed by atoms with van der Waals surface area (Å²) in [6, 6.07) is 0. The maximum Gasteiger partial charge on any atom is 0.333 e. The fraction of sp³-hybridized carbons (Fsp3) is 0.786. The highest BCUT2D eigenvalue weighted by Gasteiger charge is 2.18. The molecule has 0 heterocycles. The molecule has 0 aromatic rings. The molecule has 1 rings (SSSR count). The van der Waals surface area contributed by atoms with Gasteiger partial charge >= 0.3 is 5.97 Å². The van der Waals surface area contributed by atoms with Gasteiger partial charge in [0.25, 0.3) is 0 Å². The molecule has 1 saturated carbocycles. The highest BCUT2D eigenvalue weighted by molar-refractivity contribution is 5.88. The van der Waals surface area contributed by atoms with Crippen molar-refractivity contribution >= 4 is 5.97 Å². The van der Waals surface area contributed by atoms with Gasteiger partial charge in [0, 0.05) is 12.1 Å². The second-order valence-electron chi connectivity index (χ2n) is 4.91. The molecule has 0 aliphatic heterocycles. The fourth-order valence-electron chi connectivity index (χ4n) is 2.33. The first-order valence-electron chi connectivity index (χ1n) is 6.83. The largest absolute Gasteiger partial charge is 0.466 e. The molecule has 1 fully saturated rings. The van der Waals surface area contributed by atoms with E-state index in [1.165, 1.54) is 7.11 Å². The van der Waals surface area contributed by atoms with Crippen molar-refractivity contribution < 1.29 is 14.6 Å². The first-order valence-corrected chi connectivity index (χ1v) is 6.83. The van der Waals surface area contributed by atoms with Gasteiger partial charge in [-0.2, -0.15) is 0 Å². The van der Waals surface area contributed by atoms with E-state index in [4.69, 9.17) is 4.74 Å². The van der Waals surface area contributed by atoms with Gasteiger partial charge in [0.2, 0.25) is 0 Å². The number of nitrogens with one attached hydrogen (secondary N) is 1. The van der Waals surface area contributed by atoms with E-state index < -0.39 is 0 Å². The molecule has 1 aliphatic carbocycles. The van der Waals surface area contributed by atoms with Crippen molar-refractivity contribution in [2.75, 3.05) is 20.2 Å². The summed E-state index contributed by atoms with van der Waals surface area (Å²) in [4.78, 5) is 11.3. The van der Waals surface area contributed by atoms with Gasteiger partial charge in [0.1, 0.15) is 0 Å². The van der Waals surface area contributed by atoms with E-state index in [1.807, 2.05) is 13.0 Å². The molecule has 1 aliphatic rings. The summed E-state index contributed by atoms with van der Waals surface area (Å²) < 4.78 is 4.70. The van der Waals surface area contributed by atoms with E-state index >= 15 is 0 Å². The fourth-order valence-corrected chi connectivity index (χ4v) is 2.33. The summed E-state index contributed by atoms with van der Waals surface area (Å²) >= 11 is 0. The van der Waals surface area contributed by atoms with Crippen LogP contribution in [0.1, 0.15) is 39.0 Å². The molecular weight excluding hydrogens is 230 g/mol. The molecule has 0 bridgehead atoms. The zero-order valence-corrected chi connectivity index (χ0v) is 11.4. The summed E-state index contributed by atoms with van der Waals surface area (Å²) in [5, 5.41) is 12.8. The Balaban J connectivity index is 2.21. The molecule has 0 spiro atoms. The van der Waals surface area contributed by atoms with Crippen molar-refractivity contribution in [1.29, 1.82) is 0 Å². The highest BCUT2D eigenvalue weighted by Crippen LogP contribution is 2.23. The van der Waals surface area contributed by atoms with Gasteiger partial charge in [0.15, 0.2) is 0 Å². The van der Waals surface area contributed by atoms with Crippen LogP contribution in [0.15, 0.2) is 11.6 Å². The molecule has 0 saturated heterocycles. The maximum atomic E-state index is 11.3. The highest BCUT2D eigenvalue weighted by atomic mass is 16.5. The first-order chi connectivity index (χ1) is 8.67. The third-order valence-electron chi connectivity index (χ3n) is 3.57. The van der Waals surface area contributed by atoms with Crippen molar-refractivity contribution in [2.24, 2.45) is 5.92 Å². The van der Waals surface area contributed by atoms with Crippen LogP contribution < -0.4 is 5.32 Å². The first kappa shape index (κ1) is 15.2. The van der Waals surface area contributed by atoms with Crippen LogP contribution in [0.5, 0.6) is 0 Å². The quantitative estimate of drug-likeness (QED) is 0.430. The normalized spacial score (nSPS) is 24.9. The van der Waals surface area contributed by atoms with Gasteiger partial charge in [0.05, 0.1) is 13.2 Å². The number of esters is 1. The Bertz CT molecular complexity index is 281. The second-order valence-corrected chi connectivity index (χ2v) is 4.91. The number of aliphatic hydroxyl groups is 1. The van der Waals surface area contributed by atoms with Crippen molar-refractivity contribution in [3.8, 4) is 0 Å². The minimum Gasteiger partial charge on any atom is -0.466 e. The lowest BCUT2D eigenvalue weighted by Gasteiger charge is -2.25. The molecule has 4 heteroatoms. The predicted octanol–water partition coefficient (Wildman–Crippen LogP) is 1.64. The second kappa shape index (κ2) is 8.27. The molecular formula is C14H25NO3. The third kappa shape index (κ3) is 5.19. The number of carbonyl (C=O) groups is 1. The molecule has 0 unspecified atom stereocenters. The van der Waals surface area contributed by atoms with Crippen molar-refractivity contribution in [1.82, 2.24) is 5.32 Å². The maximum absolute atomic E-state index is 11.3. The topological polar surface area (TPSA) is 58.6 Å². The SMILES string of the molecule is CCC(=CCNCC1CCC(O)CC1)C(=O)OC. The van der Waals surface area contributed by atoms with Gasteiger partial charge < -0.3 is 15.2 Å². The van der Waals surface area contributed by atoms with E-state index in [0.29, 0.717) is 18.9 Å². The van der Waals surface area contributed by atoms with E-state index in [-0.39, 0.29) is 12.1 Å². The Morgan fingerprint density at radius 2 is 2.06 bits per heavy atom. The lowest BCUT2D eigenvalue weighted by atomic mass is 9.87. The summed E-state index contributed by atoms with van der Waals surface area (Å²) in [6.07, 6.45) is 6.54. The van der Waals surface area contributed by atoms with Gasteiger partial charge in [-0.15, -0.1) is 0 Å². The average Bonchev–Trinajstić information content (AvgIpc) is 2.40. The van der Waals surface area contributed by atoms with Gasteiger partial charge in [-0.3, -0.25) is 0 Å². The Kier molecular flexibility index (Phi) is 6.98. The van der Waals surface area contributed by atoms with Crippen LogP contribution in [0.25, 0.3) is 0 Å². The molecule has 0 aromatic carbocycles. The standard InChI is InChI=1S/C14H25NO3/c1-3-12(14(17)18-2)8-9-15-10-11-4-6-13(16)7-5-11/h8,11,13,15-16H,3-7,9-10H2,1-2H3. The van der Waals surface area contributed by atoms with E-state index in [0.717, 1.165) is 37.8 Å². The Morgan fingerprint density at radius 3 is 2.61 bits per heavy atom. The lowest BCUT2D eigenvalue weighted by molar-refractivity contribution is -0.136. The monoisotopic (exact) mass is 255 g/mol. The van der Waals surface area contributed by atoms with Crippen LogP contribution in [-0.4, -0.2) is 37.4 Å². The number of aliphatic hydroxyl groups excluding tert-OH is 1. The molecule has 4 nitrogen and oxygen atoms in total. The molecule has 0 atom stereocenters. The Morgan fingerprint density at radius 1 is 1.39 bits per heavy atom. The number of carbonyl (C=O) groups excluding carboxylic acids is 1. The van der Waals surface area contributed by atoms with Gasteiger partial charge in [-0.25, -0.2) is 4.79 Å². The molecule has 18 heavy (non-hydrogen) atoms. The average molecular weight is 255 g/mol. The lowest BCUT2D eigenvalue weighted by Crippen LogP contribution is -2.28. The number of hydrogen-bond acceptors (Lipinski definition) is 4. The van der Waals surface area contributed by atoms with E-state index in [9.17, 15) is 9.90 Å². The third-order valence-corrected chi connectivity index (χ3v) is 3.57. The zero-order chi connectivity index (χ0) is 13.4. The molecule has 2 N–H and O–H groups in total. The zero-order valence-electron chi connectivity index (χ0n) is 11.4. The van der Waals surface area contributed by atoms with Crippen LogP contribution in [-0.2, 0) is 9.53 Å². The Hall–Kier alpha value is -0.870. The van der Waals surface area contributed by atoms with E-state index in [1.54, 1.807) is 0 Å². The van der Waals surface area contributed by atoms with Crippen LogP contribution in [0.3, 0.4) is 0 Å². The number of ether oxygens (including phenoxy) is 1. The van der Waals surface area contributed by atoms with Crippen molar-refractivity contribution in [3.05, 3.63) is 11.6 Å². The molecule has 0 radical (unpaired) electrons. The molecule has 0 aromatic heterocycles. The van der Waals surface area contributed by atoms with Gasteiger partial charge in [-0.05, 0) is 44.6 Å². The summed E-state index contributed by atoms with van der Waals surface area (Å²) in [5.41, 5.74) is 0.726. The van der Waals surface area contributed by atoms with Crippen LogP contribution >= 0.6 is 0 Å². The summed E-state index contributed by atoms with van der Waals surface area (Å²) in [5.74, 6) is 0.421. The number of hydrogen-bond donors (Lipinski definition) is 2. The van der Waals surface area contributed by atoms with Crippen LogP contribution in [0.4, 0.5) is 0 Å². The number of methoxy groups -OCH3 is 1. The summed E-state index contributed by atoms with van der Waals surface area (Å²) in [6.45, 7) is 3.62. The molecule has 104 valence electrons. The molecule has 0 amide bonds. The van der Waals surface area contributed by atoms with E-state index in [2.05, 4.69) is 5.32 Å². The van der Waals surface area contributed by atoms with Crippen LogP contribution in [0, 0.1) is 5.92 Å². The number of rotatable bonds is 6. The smallest absolute Gasteiger partial charge is 0.333 e. The minimum atomic E-state index is -0.236. The predicted molar refractivity (Wildman–Crippen MR) is 71.2 cm³/mol. The van der Waals surface area contributed by atoms with Crippen molar-refractivity contribution in [3.63, 3.8) is 0 Å².